The average Bonchev–Trinajstić information content (AvgIpc) is 2.71. The van der Waals surface area contributed by atoms with Crippen molar-refractivity contribution in [3.8, 4) is 0 Å². The zero-order valence-corrected chi connectivity index (χ0v) is 11.2. The van der Waals surface area contributed by atoms with E-state index in [4.69, 9.17) is 11.5 Å². The van der Waals surface area contributed by atoms with Crippen LogP contribution in [0.25, 0.3) is 0 Å². The summed E-state index contributed by atoms with van der Waals surface area (Å²) in [6.45, 7) is 2.67. The number of primary amides is 2. The summed E-state index contributed by atoms with van der Waals surface area (Å²) in [7, 11) is 1.72. The second kappa shape index (κ2) is 6.15. The van der Waals surface area contributed by atoms with Gasteiger partial charge in [-0.05, 0) is 45.2 Å². The Morgan fingerprint density at radius 2 is 2.11 bits per heavy atom. The van der Waals surface area contributed by atoms with Crippen LogP contribution in [0, 0.1) is 5.92 Å². The van der Waals surface area contributed by atoms with Crippen molar-refractivity contribution in [1.82, 2.24) is 10.6 Å². The van der Waals surface area contributed by atoms with Crippen LogP contribution in [0.1, 0.15) is 32.6 Å². The molecule has 0 spiro atoms. The number of carbonyl (C=O) groups is 2. The van der Waals surface area contributed by atoms with E-state index in [0.717, 1.165) is 12.8 Å². The Bertz CT molecular complexity index is 321. The van der Waals surface area contributed by atoms with Gasteiger partial charge < -0.3 is 22.1 Å². The molecular weight excluding hydrogens is 232 g/mol. The van der Waals surface area contributed by atoms with Crippen LogP contribution in [0.2, 0.25) is 0 Å². The minimum Gasteiger partial charge on any atom is -0.368 e. The molecule has 0 aromatic carbocycles. The van der Waals surface area contributed by atoms with Gasteiger partial charge in [-0.3, -0.25) is 9.59 Å². The van der Waals surface area contributed by atoms with E-state index in [1.54, 1.807) is 7.05 Å². The zero-order chi connectivity index (χ0) is 13.8. The Hall–Kier alpha value is -1.14. The van der Waals surface area contributed by atoms with E-state index in [0.29, 0.717) is 25.3 Å². The van der Waals surface area contributed by atoms with Gasteiger partial charge in [-0.25, -0.2) is 0 Å². The van der Waals surface area contributed by atoms with Crippen LogP contribution in [0.15, 0.2) is 0 Å². The van der Waals surface area contributed by atoms with Crippen molar-refractivity contribution in [3.63, 3.8) is 0 Å². The van der Waals surface area contributed by atoms with Gasteiger partial charge in [-0.1, -0.05) is 6.92 Å². The number of nitrogens with two attached hydrogens (primary N) is 2. The zero-order valence-electron chi connectivity index (χ0n) is 11.2. The van der Waals surface area contributed by atoms with Gasteiger partial charge in [0, 0.05) is 0 Å². The molecule has 3 atom stereocenters. The number of hydrogen-bond donors (Lipinski definition) is 4. The quantitative estimate of drug-likeness (QED) is 0.472. The van der Waals surface area contributed by atoms with Gasteiger partial charge in [-0.2, -0.15) is 0 Å². The van der Waals surface area contributed by atoms with Crippen molar-refractivity contribution in [2.75, 3.05) is 13.6 Å². The monoisotopic (exact) mass is 256 g/mol. The first-order valence-corrected chi connectivity index (χ1v) is 6.46. The third kappa shape index (κ3) is 3.20. The smallest absolute Gasteiger partial charge is 0.237 e. The Kier molecular flexibility index (Phi) is 5.10. The molecule has 2 amide bonds. The Balaban J connectivity index is 2.63. The van der Waals surface area contributed by atoms with Crippen molar-refractivity contribution in [3.05, 3.63) is 0 Å². The minimum atomic E-state index is -0.602. The summed E-state index contributed by atoms with van der Waals surface area (Å²) in [6.07, 6.45) is 2.96. The first-order chi connectivity index (χ1) is 8.45. The van der Waals surface area contributed by atoms with E-state index in [2.05, 4.69) is 10.6 Å². The number of amides is 2. The molecule has 6 nitrogen and oxygen atoms in total. The fraction of sp³-hybridized carbons (Fsp3) is 0.833. The summed E-state index contributed by atoms with van der Waals surface area (Å²) < 4.78 is 0. The average molecular weight is 256 g/mol. The maximum atomic E-state index is 11.6. The summed E-state index contributed by atoms with van der Waals surface area (Å²) in [5.74, 6) is -0.356. The number of likely N-dealkylation sites (N-methyl/N-ethyl adjacent to an activating group) is 2. The fourth-order valence-corrected chi connectivity index (χ4v) is 2.87. The number of carbonyl (C=O) groups excluding carboxylic acids is 2. The summed E-state index contributed by atoms with van der Waals surface area (Å²) in [6, 6.07) is -0.333. The predicted octanol–water partition coefficient (Wildman–Crippen LogP) is -0.916. The van der Waals surface area contributed by atoms with Crippen LogP contribution >= 0.6 is 0 Å². The van der Waals surface area contributed by atoms with Crippen molar-refractivity contribution < 1.29 is 9.59 Å². The molecule has 1 saturated carbocycles. The maximum absolute atomic E-state index is 11.6. The molecular formula is C12H24N4O2. The van der Waals surface area contributed by atoms with E-state index in [9.17, 15) is 9.59 Å². The molecule has 1 fully saturated rings. The molecule has 3 unspecified atom stereocenters. The molecule has 0 aromatic heterocycles. The number of nitrogens with one attached hydrogen (secondary N) is 2. The fourth-order valence-electron chi connectivity index (χ4n) is 2.87. The normalized spacial score (nSPS) is 29.1. The van der Waals surface area contributed by atoms with Crippen molar-refractivity contribution in [1.29, 1.82) is 0 Å². The lowest BCUT2D eigenvalue weighted by Crippen LogP contribution is -2.53. The lowest BCUT2D eigenvalue weighted by atomic mass is 9.92. The molecule has 0 radical (unpaired) electrons. The highest BCUT2D eigenvalue weighted by Gasteiger charge is 2.43. The van der Waals surface area contributed by atoms with Gasteiger partial charge in [0.2, 0.25) is 11.8 Å². The topological polar surface area (TPSA) is 110 Å². The molecule has 0 aliphatic heterocycles. The first-order valence-electron chi connectivity index (χ1n) is 6.46. The summed E-state index contributed by atoms with van der Waals surface area (Å²) >= 11 is 0. The van der Waals surface area contributed by atoms with Crippen molar-refractivity contribution in [2.24, 2.45) is 17.4 Å². The molecule has 0 heterocycles. The molecule has 1 aliphatic rings. The van der Waals surface area contributed by atoms with E-state index < -0.39 is 5.54 Å². The third-order valence-electron chi connectivity index (χ3n) is 3.86. The summed E-state index contributed by atoms with van der Waals surface area (Å²) in [4.78, 5) is 22.8. The van der Waals surface area contributed by atoms with E-state index in [-0.39, 0.29) is 17.9 Å². The molecule has 0 aromatic rings. The maximum Gasteiger partial charge on any atom is 0.237 e. The lowest BCUT2D eigenvalue weighted by molar-refractivity contribution is -0.124. The van der Waals surface area contributed by atoms with Gasteiger partial charge >= 0.3 is 0 Å². The van der Waals surface area contributed by atoms with E-state index in [1.165, 1.54) is 0 Å². The summed E-state index contributed by atoms with van der Waals surface area (Å²) in [5.41, 5.74) is 10.2. The lowest BCUT2D eigenvalue weighted by Gasteiger charge is -2.27. The highest BCUT2D eigenvalue weighted by Crippen LogP contribution is 2.36. The SMILES string of the molecule is CCNC1(C(N)=O)CCC(CC(NC)C(N)=O)C1. The summed E-state index contributed by atoms with van der Waals surface area (Å²) in [5, 5.41) is 6.10. The van der Waals surface area contributed by atoms with E-state index >= 15 is 0 Å². The first kappa shape index (κ1) is 14.9. The van der Waals surface area contributed by atoms with Gasteiger partial charge in [0.25, 0.3) is 0 Å². The molecule has 0 saturated heterocycles. The van der Waals surface area contributed by atoms with Crippen LogP contribution < -0.4 is 22.1 Å². The van der Waals surface area contributed by atoms with E-state index in [1.807, 2.05) is 6.92 Å². The Morgan fingerprint density at radius 3 is 2.56 bits per heavy atom. The highest BCUT2D eigenvalue weighted by molar-refractivity contribution is 5.85. The second-order valence-electron chi connectivity index (χ2n) is 5.06. The second-order valence-corrected chi connectivity index (χ2v) is 5.06. The Morgan fingerprint density at radius 1 is 1.44 bits per heavy atom. The van der Waals surface area contributed by atoms with Gasteiger partial charge in [0.05, 0.1) is 11.6 Å². The molecule has 1 aliphatic carbocycles. The van der Waals surface area contributed by atoms with Crippen molar-refractivity contribution >= 4 is 11.8 Å². The standard InChI is InChI=1S/C12H24N4O2/c1-3-16-12(11(14)18)5-4-8(7-12)6-9(15-2)10(13)17/h8-9,15-16H,3-7H2,1-2H3,(H2,13,17)(H2,14,18). The van der Waals surface area contributed by atoms with Gasteiger partial charge in [-0.15, -0.1) is 0 Å². The van der Waals surface area contributed by atoms with Crippen molar-refractivity contribution in [2.45, 2.75) is 44.2 Å². The molecule has 1 rings (SSSR count). The third-order valence-corrected chi connectivity index (χ3v) is 3.86. The van der Waals surface area contributed by atoms with Gasteiger partial charge in [0.15, 0.2) is 0 Å². The molecule has 0 bridgehead atoms. The minimum absolute atomic E-state index is 0.293. The number of rotatable bonds is 7. The molecule has 6 heteroatoms. The Labute approximate surface area is 108 Å². The predicted molar refractivity (Wildman–Crippen MR) is 69.6 cm³/mol. The van der Waals surface area contributed by atoms with Crippen LogP contribution in [0.3, 0.4) is 0 Å². The highest BCUT2D eigenvalue weighted by atomic mass is 16.2. The van der Waals surface area contributed by atoms with Crippen LogP contribution in [-0.2, 0) is 9.59 Å². The van der Waals surface area contributed by atoms with Crippen LogP contribution in [-0.4, -0.2) is 37.0 Å². The molecule has 104 valence electrons. The molecule has 18 heavy (non-hydrogen) atoms. The molecule has 6 N–H and O–H groups in total. The van der Waals surface area contributed by atoms with Gasteiger partial charge in [0.1, 0.15) is 0 Å². The number of hydrogen-bond acceptors (Lipinski definition) is 4. The van der Waals surface area contributed by atoms with Crippen LogP contribution in [0.4, 0.5) is 0 Å². The largest absolute Gasteiger partial charge is 0.368 e. The van der Waals surface area contributed by atoms with Crippen LogP contribution in [0.5, 0.6) is 0 Å².